The van der Waals surface area contributed by atoms with Crippen molar-refractivity contribution >= 4 is 16.9 Å². The Balaban J connectivity index is 2.20. The van der Waals surface area contributed by atoms with Gasteiger partial charge in [0.15, 0.2) is 11.3 Å². The van der Waals surface area contributed by atoms with Gasteiger partial charge in [-0.1, -0.05) is 24.3 Å². The minimum absolute atomic E-state index is 0.793. The van der Waals surface area contributed by atoms with Crippen LogP contribution in [0.4, 0.5) is 0 Å². The molecule has 1 aromatic carbocycles. The van der Waals surface area contributed by atoms with Crippen molar-refractivity contribution in [1.82, 2.24) is 18.9 Å². The van der Waals surface area contributed by atoms with Gasteiger partial charge in [-0.25, -0.2) is 9.97 Å². The number of aromatic nitrogens is 4. The van der Waals surface area contributed by atoms with E-state index >= 15 is 0 Å². The second-order valence-electron chi connectivity index (χ2n) is 5.42. The summed E-state index contributed by atoms with van der Waals surface area (Å²) in [6, 6.07) is 12.4. The quantitative estimate of drug-likeness (QED) is 0.532. The number of hydrogen-bond donors (Lipinski definition) is 0. The maximum atomic E-state index is 4.64. The molecule has 0 bridgehead atoms. The molecule has 0 spiro atoms. The van der Waals surface area contributed by atoms with Crippen LogP contribution in [0.5, 0.6) is 0 Å². The van der Waals surface area contributed by atoms with Crippen LogP contribution in [0.1, 0.15) is 17.0 Å². The van der Waals surface area contributed by atoms with Crippen molar-refractivity contribution in [2.24, 2.45) is 0 Å². The Morgan fingerprint density at radius 1 is 0.857 bits per heavy atom. The summed E-state index contributed by atoms with van der Waals surface area (Å²) >= 11 is 0. The van der Waals surface area contributed by atoms with Crippen LogP contribution in [-0.2, 0) is 0 Å². The Morgan fingerprint density at radius 3 is 2.38 bits per heavy atom. The number of benzene rings is 1. The summed E-state index contributed by atoms with van der Waals surface area (Å²) in [6.45, 7) is 6.30. The summed E-state index contributed by atoms with van der Waals surface area (Å²) in [5.41, 5.74) is 6.42. The summed E-state index contributed by atoms with van der Waals surface area (Å²) in [7, 11) is 0. The molecule has 3 heterocycles. The van der Waals surface area contributed by atoms with Crippen LogP contribution in [0.3, 0.4) is 0 Å². The molecule has 3 aromatic heterocycles. The van der Waals surface area contributed by atoms with Crippen LogP contribution >= 0.6 is 0 Å². The van der Waals surface area contributed by atoms with Crippen LogP contribution in [0.2, 0.25) is 0 Å². The van der Waals surface area contributed by atoms with E-state index in [1.54, 1.807) is 0 Å². The highest BCUT2D eigenvalue weighted by molar-refractivity contribution is 5.77. The smallest absolute Gasteiger partial charge is 0.198 e. The van der Waals surface area contributed by atoms with Crippen LogP contribution in [0.25, 0.3) is 22.6 Å². The third-order valence-corrected chi connectivity index (χ3v) is 3.95. The molecule has 0 aliphatic rings. The first kappa shape index (κ1) is 12.1. The number of para-hydroxylation sites is 1. The third kappa shape index (κ3) is 1.62. The van der Waals surface area contributed by atoms with Crippen molar-refractivity contribution in [3.05, 3.63) is 59.5 Å². The first-order chi connectivity index (χ1) is 10.2. The van der Waals surface area contributed by atoms with Gasteiger partial charge in [0.2, 0.25) is 0 Å². The highest BCUT2D eigenvalue weighted by atomic mass is 15.2. The third-order valence-electron chi connectivity index (χ3n) is 3.95. The predicted octanol–water partition coefficient (Wildman–Crippen LogP) is 3.60. The average Bonchev–Trinajstić information content (AvgIpc) is 2.95. The Kier molecular flexibility index (Phi) is 2.42. The van der Waals surface area contributed by atoms with E-state index in [2.05, 4.69) is 51.0 Å². The van der Waals surface area contributed by atoms with Gasteiger partial charge in [-0.3, -0.25) is 8.97 Å². The Morgan fingerprint density at radius 2 is 1.62 bits per heavy atom. The lowest BCUT2D eigenvalue weighted by Crippen LogP contribution is -2.04. The Bertz CT molecular complexity index is 955. The zero-order chi connectivity index (χ0) is 14.6. The Labute approximate surface area is 122 Å². The van der Waals surface area contributed by atoms with E-state index in [1.807, 2.05) is 31.3 Å². The van der Waals surface area contributed by atoms with E-state index in [-0.39, 0.29) is 0 Å². The van der Waals surface area contributed by atoms with Crippen molar-refractivity contribution in [2.45, 2.75) is 20.8 Å². The lowest BCUT2D eigenvalue weighted by Gasteiger charge is -2.13. The number of pyridine rings is 1. The van der Waals surface area contributed by atoms with E-state index < -0.39 is 0 Å². The molecule has 4 nitrogen and oxygen atoms in total. The fourth-order valence-corrected chi connectivity index (χ4v) is 3.04. The summed E-state index contributed by atoms with van der Waals surface area (Å²) in [6.07, 6.45) is 2.04. The highest BCUT2D eigenvalue weighted by Gasteiger charge is 2.17. The molecular weight excluding hydrogens is 260 g/mol. The van der Waals surface area contributed by atoms with E-state index in [0.717, 1.165) is 22.8 Å². The minimum atomic E-state index is 0.793. The van der Waals surface area contributed by atoms with Crippen LogP contribution in [0.15, 0.2) is 42.6 Å². The van der Waals surface area contributed by atoms with Gasteiger partial charge >= 0.3 is 0 Å². The summed E-state index contributed by atoms with van der Waals surface area (Å²) in [5.74, 6) is 0.961. The number of nitrogens with zero attached hydrogens (tertiary/aromatic N) is 4. The van der Waals surface area contributed by atoms with Crippen molar-refractivity contribution < 1.29 is 0 Å². The molecule has 21 heavy (non-hydrogen) atoms. The van der Waals surface area contributed by atoms with Gasteiger partial charge in [0.1, 0.15) is 11.5 Å². The SMILES string of the molecule is Cc1cccc(C)c1-n1c(C)nc2nc3ccccn3c21. The fourth-order valence-electron chi connectivity index (χ4n) is 3.04. The maximum absolute atomic E-state index is 4.64. The molecule has 0 N–H and O–H groups in total. The van der Waals surface area contributed by atoms with Crippen LogP contribution in [-0.4, -0.2) is 18.9 Å². The summed E-state index contributed by atoms with van der Waals surface area (Å²) < 4.78 is 4.31. The van der Waals surface area contributed by atoms with Gasteiger partial charge in [-0.15, -0.1) is 0 Å². The van der Waals surface area contributed by atoms with Crippen molar-refractivity contribution in [3.8, 4) is 5.69 Å². The zero-order valence-electron chi connectivity index (χ0n) is 12.3. The largest absolute Gasteiger partial charge is 0.284 e. The van der Waals surface area contributed by atoms with Gasteiger partial charge in [0, 0.05) is 6.20 Å². The fraction of sp³-hybridized carbons (Fsp3) is 0.176. The Hall–Kier alpha value is -2.62. The molecule has 0 atom stereocenters. The molecule has 0 saturated heterocycles. The number of fused-ring (bicyclic) bond motifs is 3. The van der Waals surface area contributed by atoms with Crippen molar-refractivity contribution in [2.75, 3.05) is 0 Å². The second-order valence-corrected chi connectivity index (χ2v) is 5.42. The molecule has 0 aliphatic heterocycles. The van der Waals surface area contributed by atoms with Crippen molar-refractivity contribution in [1.29, 1.82) is 0 Å². The molecule has 104 valence electrons. The van der Waals surface area contributed by atoms with Gasteiger partial charge in [-0.2, -0.15) is 0 Å². The maximum Gasteiger partial charge on any atom is 0.198 e. The number of hydrogen-bond acceptors (Lipinski definition) is 2. The molecular formula is C17H16N4. The second kappa shape index (κ2) is 4.19. The normalized spacial score (nSPS) is 11.6. The summed E-state index contributed by atoms with van der Waals surface area (Å²) in [5, 5.41) is 0. The van der Waals surface area contributed by atoms with Gasteiger partial charge in [-0.05, 0) is 44.0 Å². The van der Waals surface area contributed by atoms with E-state index in [1.165, 1.54) is 16.8 Å². The molecule has 0 fully saturated rings. The molecule has 0 radical (unpaired) electrons. The molecule has 4 rings (SSSR count). The first-order valence-corrected chi connectivity index (χ1v) is 7.05. The highest BCUT2D eigenvalue weighted by Crippen LogP contribution is 2.26. The summed E-state index contributed by atoms with van der Waals surface area (Å²) in [4.78, 5) is 9.25. The van der Waals surface area contributed by atoms with Crippen molar-refractivity contribution in [3.63, 3.8) is 0 Å². The number of aryl methyl sites for hydroxylation is 3. The van der Waals surface area contributed by atoms with Gasteiger partial charge < -0.3 is 0 Å². The number of rotatable bonds is 1. The lowest BCUT2D eigenvalue weighted by molar-refractivity contribution is 0.951. The topological polar surface area (TPSA) is 35.1 Å². The molecule has 4 aromatic rings. The average molecular weight is 276 g/mol. The predicted molar refractivity (Wildman–Crippen MR) is 84.0 cm³/mol. The van der Waals surface area contributed by atoms with Crippen LogP contribution < -0.4 is 0 Å². The van der Waals surface area contributed by atoms with E-state index in [4.69, 9.17) is 0 Å². The molecule has 0 amide bonds. The first-order valence-electron chi connectivity index (χ1n) is 7.05. The molecule has 4 heteroatoms. The molecule has 0 saturated carbocycles. The van der Waals surface area contributed by atoms with Gasteiger partial charge in [0.25, 0.3) is 0 Å². The van der Waals surface area contributed by atoms with E-state index in [9.17, 15) is 0 Å². The molecule has 0 unspecified atom stereocenters. The van der Waals surface area contributed by atoms with E-state index in [0.29, 0.717) is 0 Å². The van der Waals surface area contributed by atoms with Gasteiger partial charge in [0.05, 0.1) is 5.69 Å². The number of imidazole rings is 2. The molecule has 0 aliphatic carbocycles. The minimum Gasteiger partial charge on any atom is -0.284 e. The monoisotopic (exact) mass is 276 g/mol. The lowest BCUT2D eigenvalue weighted by atomic mass is 10.1. The van der Waals surface area contributed by atoms with Crippen LogP contribution in [0, 0.1) is 20.8 Å². The zero-order valence-corrected chi connectivity index (χ0v) is 12.3. The standard InChI is InChI=1S/C17H16N4/c1-11-7-6-8-12(2)15(11)21-13(3)18-16-17(21)20-10-5-4-9-14(20)19-16/h4-10H,1-3H3.